The summed E-state index contributed by atoms with van der Waals surface area (Å²) in [5, 5.41) is 3.16. The standard InChI is InChI=1S/C31H34N2O4/c1-4-5-6-29(34)33(3)19-22-8-10-23(11-9-22)26-18-25(13-7-21(26)2)32-30(35)31(15-16-31)24-12-14-27-28(17-24)37-20-36-27/h7-14,17-18H,4-6,15-16,19-20H2,1-3H3,(H,32,35). The van der Waals surface area contributed by atoms with E-state index in [1.54, 1.807) is 4.90 Å². The monoisotopic (exact) mass is 498 g/mol. The maximum Gasteiger partial charge on any atom is 0.235 e. The summed E-state index contributed by atoms with van der Waals surface area (Å²) in [5.41, 5.74) is 5.61. The highest BCUT2D eigenvalue weighted by atomic mass is 16.7. The first kappa shape index (κ1) is 24.9. The van der Waals surface area contributed by atoms with Gasteiger partial charge in [-0.15, -0.1) is 0 Å². The molecule has 3 aromatic rings. The molecule has 0 aromatic heterocycles. The van der Waals surface area contributed by atoms with Crippen molar-refractivity contribution in [3.8, 4) is 22.6 Å². The third-order valence-corrected chi connectivity index (χ3v) is 7.46. The molecule has 1 heterocycles. The van der Waals surface area contributed by atoms with Crippen molar-refractivity contribution in [3.05, 3.63) is 77.4 Å². The molecule has 0 saturated heterocycles. The van der Waals surface area contributed by atoms with Crippen LogP contribution in [0.25, 0.3) is 11.1 Å². The minimum Gasteiger partial charge on any atom is -0.454 e. The fraction of sp³-hybridized carbons (Fsp3) is 0.355. The second-order valence-electron chi connectivity index (χ2n) is 10.2. The molecule has 0 radical (unpaired) electrons. The zero-order valence-corrected chi connectivity index (χ0v) is 21.8. The Labute approximate surface area is 218 Å². The first-order valence-corrected chi connectivity index (χ1v) is 13.0. The highest BCUT2D eigenvalue weighted by molar-refractivity contribution is 6.02. The molecular formula is C31H34N2O4. The van der Waals surface area contributed by atoms with Crippen molar-refractivity contribution in [3.63, 3.8) is 0 Å². The van der Waals surface area contributed by atoms with Gasteiger partial charge >= 0.3 is 0 Å². The van der Waals surface area contributed by atoms with Crippen molar-refractivity contribution in [2.24, 2.45) is 0 Å². The Balaban J connectivity index is 1.28. The van der Waals surface area contributed by atoms with E-state index in [-0.39, 0.29) is 18.6 Å². The Bertz CT molecular complexity index is 1310. The average Bonchev–Trinajstić information content (AvgIpc) is 3.59. The number of benzene rings is 3. The molecule has 2 amide bonds. The van der Waals surface area contributed by atoms with E-state index in [9.17, 15) is 9.59 Å². The molecule has 192 valence electrons. The van der Waals surface area contributed by atoms with Crippen molar-refractivity contribution in [2.45, 2.75) is 57.9 Å². The van der Waals surface area contributed by atoms with E-state index in [2.05, 4.69) is 43.4 Å². The second-order valence-corrected chi connectivity index (χ2v) is 10.2. The highest BCUT2D eigenvalue weighted by Crippen LogP contribution is 2.51. The van der Waals surface area contributed by atoms with Crippen LogP contribution >= 0.6 is 0 Å². The van der Waals surface area contributed by atoms with Crippen LogP contribution in [0, 0.1) is 6.92 Å². The lowest BCUT2D eigenvalue weighted by Crippen LogP contribution is -2.27. The van der Waals surface area contributed by atoms with Gasteiger partial charge in [0.15, 0.2) is 11.5 Å². The lowest BCUT2D eigenvalue weighted by Gasteiger charge is -2.18. The zero-order chi connectivity index (χ0) is 26.0. The largest absolute Gasteiger partial charge is 0.454 e. The van der Waals surface area contributed by atoms with Crippen LogP contribution in [0.4, 0.5) is 5.69 Å². The summed E-state index contributed by atoms with van der Waals surface area (Å²) in [6.45, 7) is 4.99. The van der Waals surface area contributed by atoms with Gasteiger partial charge in [0.2, 0.25) is 18.6 Å². The Kier molecular flexibility index (Phi) is 6.92. The van der Waals surface area contributed by atoms with Crippen molar-refractivity contribution in [1.29, 1.82) is 0 Å². The molecule has 6 nitrogen and oxygen atoms in total. The molecule has 3 aromatic carbocycles. The molecule has 5 rings (SSSR count). The Hall–Kier alpha value is -3.80. The molecular weight excluding hydrogens is 464 g/mol. The maximum atomic E-state index is 13.4. The summed E-state index contributed by atoms with van der Waals surface area (Å²) >= 11 is 0. The first-order valence-electron chi connectivity index (χ1n) is 13.0. The minimum atomic E-state index is -0.520. The van der Waals surface area contributed by atoms with Crippen LogP contribution in [0.2, 0.25) is 0 Å². The van der Waals surface area contributed by atoms with Crippen LogP contribution < -0.4 is 14.8 Å². The number of carbonyl (C=O) groups is 2. The van der Waals surface area contributed by atoms with Crippen molar-refractivity contribution in [2.75, 3.05) is 19.2 Å². The summed E-state index contributed by atoms with van der Waals surface area (Å²) in [5.74, 6) is 1.62. The van der Waals surface area contributed by atoms with Crippen LogP contribution in [0.5, 0.6) is 11.5 Å². The molecule has 0 spiro atoms. The fourth-order valence-electron chi connectivity index (χ4n) is 4.90. The number of hydrogen-bond donors (Lipinski definition) is 1. The molecule has 6 heteroatoms. The van der Waals surface area contributed by atoms with Gasteiger partial charge in [0, 0.05) is 25.7 Å². The second kappa shape index (κ2) is 10.3. The molecule has 1 fully saturated rings. The molecule has 0 bridgehead atoms. The topological polar surface area (TPSA) is 67.9 Å². The number of carbonyl (C=O) groups excluding carboxylic acids is 2. The number of aryl methyl sites for hydroxylation is 1. The maximum absolute atomic E-state index is 13.4. The van der Waals surface area contributed by atoms with Gasteiger partial charge in [-0.2, -0.15) is 0 Å². The lowest BCUT2D eigenvalue weighted by molar-refractivity contribution is -0.130. The van der Waals surface area contributed by atoms with E-state index >= 15 is 0 Å². The van der Waals surface area contributed by atoms with Crippen LogP contribution in [-0.4, -0.2) is 30.6 Å². The average molecular weight is 499 g/mol. The number of amides is 2. The molecule has 1 aliphatic carbocycles. The van der Waals surface area contributed by atoms with Crippen LogP contribution in [0.1, 0.15) is 55.7 Å². The minimum absolute atomic E-state index is 0.00675. The zero-order valence-electron chi connectivity index (χ0n) is 21.8. The van der Waals surface area contributed by atoms with E-state index < -0.39 is 5.41 Å². The van der Waals surface area contributed by atoms with Gasteiger partial charge in [0.1, 0.15) is 0 Å². The molecule has 0 unspecified atom stereocenters. The Morgan fingerprint density at radius 2 is 1.73 bits per heavy atom. The number of unbranched alkanes of at least 4 members (excludes halogenated alkanes) is 1. The van der Waals surface area contributed by atoms with Gasteiger partial charge < -0.3 is 19.7 Å². The van der Waals surface area contributed by atoms with Gasteiger partial charge in [-0.05, 0) is 78.3 Å². The van der Waals surface area contributed by atoms with Crippen LogP contribution in [-0.2, 0) is 21.5 Å². The van der Waals surface area contributed by atoms with E-state index in [4.69, 9.17) is 9.47 Å². The van der Waals surface area contributed by atoms with E-state index in [1.807, 2.05) is 43.4 Å². The van der Waals surface area contributed by atoms with Gasteiger partial charge in [0.05, 0.1) is 5.41 Å². The SMILES string of the molecule is CCCCC(=O)N(C)Cc1ccc(-c2cc(NC(=O)C3(c4ccc5c(c4)OCO5)CC3)ccc2C)cc1. The third kappa shape index (κ3) is 5.19. The van der Waals surface area contributed by atoms with Crippen LogP contribution in [0.15, 0.2) is 60.7 Å². The predicted molar refractivity (Wildman–Crippen MR) is 145 cm³/mol. The normalized spacial score (nSPS) is 14.8. The number of nitrogens with one attached hydrogen (secondary N) is 1. The lowest BCUT2D eigenvalue weighted by atomic mass is 9.94. The number of ether oxygens (including phenoxy) is 2. The quantitative estimate of drug-likeness (QED) is 0.381. The first-order chi connectivity index (χ1) is 17.9. The number of nitrogens with zero attached hydrogens (tertiary/aromatic N) is 1. The number of fused-ring (bicyclic) bond motifs is 1. The highest BCUT2D eigenvalue weighted by Gasteiger charge is 2.51. The molecule has 1 aliphatic heterocycles. The van der Waals surface area contributed by atoms with Gasteiger partial charge in [0.25, 0.3) is 0 Å². The van der Waals surface area contributed by atoms with E-state index in [0.29, 0.717) is 18.7 Å². The number of rotatable bonds is 9. The van der Waals surface area contributed by atoms with Gasteiger partial charge in [-0.3, -0.25) is 9.59 Å². The smallest absolute Gasteiger partial charge is 0.235 e. The Morgan fingerprint density at radius 1 is 0.973 bits per heavy atom. The van der Waals surface area contributed by atoms with E-state index in [0.717, 1.165) is 64.9 Å². The molecule has 0 atom stereocenters. The molecule has 37 heavy (non-hydrogen) atoms. The van der Waals surface area contributed by atoms with Crippen molar-refractivity contribution < 1.29 is 19.1 Å². The van der Waals surface area contributed by atoms with Crippen molar-refractivity contribution in [1.82, 2.24) is 4.90 Å². The summed E-state index contributed by atoms with van der Waals surface area (Å²) in [6, 6.07) is 20.1. The van der Waals surface area contributed by atoms with Gasteiger partial charge in [-0.1, -0.05) is 49.7 Å². The van der Waals surface area contributed by atoms with Gasteiger partial charge in [-0.25, -0.2) is 0 Å². The number of hydrogen-bond acceptors (Lipinski definition) is 4. The summed E-state index contributed by atoms with van der Waals surface area (Å²) < 4.78 is 10.9. The number of anilines is 1. The molecule has 1 saturated carbocycles. The van der Waals surface area contributed by atoms with E-state index in [1.165, 1.54) is 0 Å². The molecule has 2 aliphatic rings. The predicted octanol–water partition coefficient (Wildman–Crippen LogP) is 6.21. The third-order valence-electron chi connectivity index (χ3n) is 7.46. The summed E-state index contributed by atoms with van der Waals surface area (Å²) in [6.07, 6.45) is 4.17. The molecule has 1 N–H and O–H groups in total. The summed E-state index contributed by atoms with van der Waals surface area (Å²) in [4.78, 5) is 27.4. The fourth-order valence-corrected chi connectivity index (χ4v) is 4.90. The Morgan fingerprint density at radius 3 is 2.46 bits per heavy atom. The van der Waals surface area contributed by atoms with Crippen LogP contribution in [0.3, 0.4) is 0 Å². The van der Waals surface area contributed by atoms with Crippen molar-refractivity contribution >= 4 is 17.5 Å². The summed E-state index contributed by atoms with van der Waals surface area (Å²) in [7, 11) is 1.86.